The number of carbonyl (C=O) groups excluding carboxylic acids is 1. The number of para-hydroxylation sites is 1. The summed E-state index contributed by atoms with van der Waals surface area (Å²) in [6.07, 6.45) is 1.95. The minimum atomic E-state index is -0.0713. The Labute approximate surface area is 112 Å². The molecule has 2 heterocycles. The first-order valence-corrected chi connectivity index (χ1v) is 7.60. The number of hydrogen-bond donors (Lipinski definition) is 1. The molecule has 18 heavy (non-hydrogen) atoms. The lowest BCUT2D eigenvalue weighted by Crippen LogP contribution is -2.45. The Balaban J connectivity index is 1.68. The SMILES string of the molecule is CN(C(=O)[C@@H]1Cc2ccccc2N1)C1CCSC1. The summed E-state index contributed by atoms with van der Waals surface area (Å²) in [7, 11) is 1.95. The van der Waals surface area contributed by atoms with Gasteiger partial charge in [0.15, 0.2) is 0 Å². The Bertz CT molecular complexity index is 432. The van der Waals surface area contributed by atoms with Gasteiger partial charge in [-0.1, -0.05) is 18.2 Å². The third-order valence-electron chi connectivity index (χ3n) is 3.87. The van der Waals surface area contributed by atoms with Gasteiger partial charge >= 0.3 is 0 Å². The number of rotatable bonds is 2. The van der Waals surface area contributed by atoms with E-state index in [-0.39, 0.29) is 11.9 Å². The number of fused-ring (bicyclic) bond motifs is 1. The Morgan fingerprint density at radius 1 is 1.44 bits per heavy atom. The maximum atomic E-state index is 12.5. The first-order chi connectivity index (χ1) is 8.75. The molecule has 0 saturated carbocycles. The Kier molecular flexibility index (Phi) is 3.20. The fraction of sp³-hybridized carbons (Fsp3) is 0.500. The molecule has 1 saturated heterocycles. The lowest BCUT2D eigenvalue weighted by Gasteiger charge is -2.26. The molecule has 1 aromatic carbocycles. The van der Waals surface area contributed by atoms with E-state index in [9.17, 15) is 4.79 Å². The summed E-state index contributed by atoms with van der Waals surface area (Å²) in [5, 5.41) is 3.34. The van der Waals surface area contributed by atoms with Crippen LogP contribution < -0.4 is 5.32 Å². The van der Waals surface area contributed by atoms with Gasteiger partial charge in [0.25, 0.3) is 0 Å². The number of thioether (sulfide) groups is 1. The van der Waals surface area contributed by atoms with Crippen molar-refractivity contribution in [1.82, 2.24) is 4.90 Å². The minimum absolute atomic E-state index is 0.0713. The van der Waals surface area contributed by atoms with E-state index in [4.69, 9.17) is 0 Å². The van der Waals surface area contributed by atoms with Crippen LogP contribution >= 0.6 is 11.8 Å². The van der Waals surface area contributed by atoms with E-state index in [1.54, 1.807) is 0 Å². The summed E-state index contributed by atoms with van der Waals surface area (Å²) in [6.45, 7) is 0. The summed E-state index contributed by atoms with van der Waals surface area (Å²) in [4.78, 5) is 14.4. The van der Waals surface area contributed by atoms with Crippen molar-refractivity contribution in [1.29, 1.82) is 0 Å². The van der Waals surface area contributed by atoms with Crippen LogP contribution in [-0.4, -0.2) is 41.4 Å². The fourth-order valence-corrected chi connectivity index (χ4v) is 3.97. The molecule has 0 aromatic heterocycles. The van der Waals surface area contributed by atoms with Crippen LogP contribution in [0.3, 0.4) is 0 Å². The highest BCUT2D eigenvalue weighted by atomic mass is 32.2. The van der Waals surface area contributed by atoms with Gasteiger partial charge in [0.2, 0.25) is 5.91 Å². The lowest BCUT2D eigenvalue weighted by atomic mass is 10.1. The first kappa shape index (κ1) is 11.9. The molecule has 1 unspecified atom stereocenters. The van der Waals surface area contributed by atoms with E-state index in [0.29, 0.717) is 6.04 Å². The van der Waals surface area contributed by atoms with Gasteiger partial charge in [-0.2, -0.15) is 11.8 Å². The Morgan fingerprint density at radius 3 is 3.00 bits per heavy atom. The summed E-state index contributed by atoms with van der Waals surface area (Å²) in [5.74, 6) is 2.50. The van der Waals surface area contributed by atoms with E-state index < -0.39 is 0 Å². The third kappa shape index (κ3) is 2.09. The molecular weight excluding hydrogens is 244 g/mol. The average Bonchev–Trinajstić information content (AvgIpc) is 3.05. The molecule has 1 N–H and O–H groups in total. The predicted molar refractivity (Wildman–Crippen MR) is 76.1 cm³/mol. The van der Waals surface area contributed by atoms with Gasteiger partial charge in [0, 0.05) is 31.0 Å². The molecule has 1 amide bonds. The standard InChI is InChI=1S/C14H18N2OS/c1-16(11-6-7-18-9-11)14(17)13-8-10-4-2-3-5-12(10)15-13/h2-5,11,13,15H,6-9H2,1H3/t11?,13-/m0/s1. The normalized spacial score (nSPS) is 25.6. The molecule has 0 spiro atoms. The first-order valence-electron chi connectivity index (χ1n) is 6.44. The molecule has 2 atom stereocenters. The lowest BCUT2D eigenvalue weighted by molar-refractivity contribution is -0.132. The number of amides is 1. The summed E-state index contributed by atoms with van der Waals surface area (Å²) in [5.41, 5.74) is 2.37. The predicted octanol–water partition coefficient (Wildman–Crippen LogP) is 1.99. The summed E-state index contributed by atoms with van der Waals surface area (Å²) < 4.78 is 0. The van der Waals surface area contributed by atoms with Crippen LogP contribution in [0.4, 0.5) is 5.69 Å². The van der Waals surface area contributed by atoms with Crippen molar-refractivity contribution in [3.05, 3.63) is 29.8 Å². The number of likely N-dealkylation sites (N-methyl/N-ethyl adjacent to an activating group) is 1. The molecule has 0 aliphatic carbocycles. The highest BCUT2D eigenvalue weighted by molar-refractivity contribution is 7.99. The third-order valence-corrected chi connectivity index (χ3v) is 5.02. The molecule has 2 aliphatic heterocycles. The molecule has 3 nitrogen and oxygen atoms in total. The number of nitrogens with one attached hydrogen (secondary N) is 1. The van der Waals surface area contributed by atoms with Crippen molar-refractivity contribution >= 4 is 23.4 Å². The van der Waals surface area contributed by atoms with Crippen LogP contribution in [-0.2, 0) is 11.2 Å². The highest BCUT2D eigenvalue weighted by Crippen LogP contribution is 2.28. The van der Waals surface area contributed by atoms with Gasteiger partial charge in [-0.05, 0) is 23.8 Å². The van der Waals surface area contributed by atoms with E-state index in [2.05, 4.69) is 11.4 Å². The van der Waals surface area contributed by atoms with E-state index in [1.807, 2.05) is 41.9 Å². The second-order valence-corrected chi connectivity index (χ2v) is 6.17. The second kappa shape index (κ2) is 4.84. The quantitative estimate of drug-likeness (QED) is 0.884. The number of nitrogens with zero attached hydrogens (tertiary/aromatic N) is 1. The largest absolute Gasteiger partial charge is 0.373 e. The zero-order valence-electron chi connectivity index (χ0n) is 10.6. The van der Waals surface area contributed by atoms with Crippen LogP contribution in [0.1, 0.15) is 12.0 Å². The molecule has 3 rings (SSSR count). The molecule has 2 aliphatic rings. The van der Waals surface area contributed by atoms with Crippen molar-refractivity contribution in [2.45, 2.75) is 24.9 Å². The van der Waals surface area contributed by atoms with Crippen LogP contribution in [0.15, 0.2) is 24.3 Å². The van der Waals surface area contributed by atoms with Crippen LogP contribution in [0.5, 0.6) is 0 Å². The number of anilines is 1. The number of carbonyl (C=O) groups is 1. The Hall–Kier alpha value is -1.16. The molecular formula is C14H18N2OS. The second-order valence-electron chi connectivity index (χ2n) is 5.02. The molecule has 4 heteroatoms. The number of hydrogen-bond acceptors (Lipinski definition) is 3. The monoisotopic (exact) mass is 262 g/mol. The van der Waals surface area contributed by atoms with E-state index in [1.165, 1.54) is 11.3 Å². The molecule has 1 fully saturated rings. The van der Waals surface area contributed by atoms with Gasteiger partial charge < -0.3 is 10.2 Å². The van der Waals surface area contributed by atoms with Crippen molar-refractivity contribution in [3.63, 3.8) is 0 Å². The highest BCUT2D eigenvalue weighted by Gasteiger charge is 2.32. The molecule has 96 valence electrons. The van der Waals surface area contributed by atoms with Crippen molar-refractivity contribution in [3.8, 4) is 0 Å². The maximum absolute atomic E-state index is 12.5. The van der Waals surface area contributed by atoms with E-state index >= 15 is 0 Å². The molecule has 1 aromatic rings. The minimum Gasteiger partial charge on any atom is -0.373 e. The van der Waals surface area contributed by atoms with E-state index in [0.717, 1.165) is 24.3 Å². The van der Waals surface area contributed by atoms with Crippen LogP contribution in [0.25, 0.3) is 0 Å². The van der Waals surface area contributed by atoms with Crippen molar-refractivity contribution in [2.24, 2.45) is 0 Å². The number of benzene rings is 1. The van der Waals surface area contributed by atoms with Crippen molar-refractivity contribution in [2.75, 3.05) is 23.9 Å². The fourth-order valence-electron chi connectivity index (χ4n) is 2.70. The van der Waals surface area contributed by atoms with Gasteiger partial charge in [-0.15, -0.1) is 0 Å². The zero-order chi connectivity index (χ0) is 12.5. The zero-order valence-corrected chi connectivity index (χ0v) is 11.4. The van der Waals surface area contributed by atoms with Crippen LogP contribution in [0.2, 0.25) is 0 Å². The summed E-state index contributed by atoms with van der Waals surface area (Å²) >= 11 is 1.94. The smallest absolute Gasteiger partial charge is 0.245 e. The van der Waals surface area contributed by atoms with Crippen molar-refractivity contribution < 1.29 is 4.79 Å². The van der Waals surface area contributed by atoms with Gasteiger partial charge in [0.1, 0.15) is 6.04 Å². The molecule has 0 radical (unpaired) electrons. The topological polar surface area (TPSA) is 32.3 Å². The Morgan fingerprint density at radius 2 is 2.28 bits per heavy atom. The van der Waals surface area contributed by atoms with Crippen LogP contribution in [0, 0.1) is 0 Å². The maximum Gasteiger partial charge on any atom is 0.245 e. The average molecular weight is 262 g/mol. The van der Waals surface area contributed by atoms with Gasteiger partial charge in [-0.3, -0.25) is 4.79 Å². The molecule has 0 bridgehead atoms. The van der Waals surface area contributed by atoms with Gasteiger partial charge in [-0.25, -0.2) is 0 Å². The van der Waals surface area contributed by atoms with Gasteiger partial charge in [0.05, 0.1) is 0 Å². The summed E-state index contributed by atoms with van der Waals surface area (Å²) in [6, 6.07) is 8.54.